The second kappa shape index (κ2) is 5.74. The van der Waals surface area contributed by atoms with Gasteiger partial charge in [-0.25, -0.2) is 0 Å². The van der Waals surface area contributed by atoms with Gasteiger partial charge in [0.15, 0.2) is 0 Å². The fourth-order valence-electron chi connectivity index (χ4n) is 2.24. The fraction of sp³-hybridized carbons (Fsp3) is 0.571. The maximum atomic E-state index is 5.62. The van der Waals surface area contributed by atoms with Crippen LogP contribution in [0.1, 0.15) is 29.5 Å². The van der Waals surface area contributed by atoms with Gasteiger partial charge in [-0.2, -0.15) is 11.8 Å². The summed E-state index contributed by atoms with van der Waals surface area (Å²) in [6.07, 6.45) is 3.00. The highest BCUT2D eigenvalue weighted by Gasteiger charge is 2.14. The van der Waals surface area contributed by atoms with E-state index in [0.717, 1.165) is 18.1 Å². The van der Waals surface area contributed by atoms with Crippen LogP contribution in [0, 0.1) is 13.8 Å². The summed E-state index contributed by atoms with van der Waals surface area (Å²) in [6.45, 7) is 5.30. The van der Waals surface area contributed by atoms with E-state index in [0.29, 0.717) is 6.10 Å². The van der Waals surface area contributed by atoms with Crippen LogP contribution in [0.25, 0.3) is 0 Å². The molecule has 1 fully saturated rings. The standard InChI is InChI=1S/C14H20OS/c1-11-6-12(2)8-13(7-11)9-16-10-14-4-3-5-15-14/h6-8,14H,3-5,9-10H2,1-2H3. The third kappa shape index (κ3) is 3.53. The third-order valence-electron chi connectivity index (χ3n) is 2.88. The summed E-state index contributed by atoms with van der Waals surface area (Å²) < 4.78 is 5.62. The Morgan fingerprint density at radius 1 is 1.25 bits per heavy atom. The Balaban J connectivity index is 1.80. The number of hydrogen-bond donors (Lipinski definition) is 0. The summed E-state index contributed by atoms with van der Waals surface area (Å²) in [5.41, 5.74) is 4.18. The van der Waals surface area contributed by atoms with Gasteiger partial charge >= 0.3 is 0 Å². The number of benzene rings is 1. The Morgan fingerprint density at radius 3 is 2.62 bits per heavy atom. The van der Waals surface area contributed by atoms with Crippen molar-refractivity contribution >= 4 is 11.8 Å². The molecule has 0 saturated carbocycles. The van der Waals surface area contributed by atoms with Gasteiger partial charge in [0.1, 0.15) is 0 Å². The van der Waals surface area contributed by atoms with Crippen molar-refractivity contribution in [2.24, 2.45) is 0 Å². The number of ether oxygens (including phenoxy) is 1. The Hall–Kier alpha value is -0.470. The van der Waals surface area contributed by atoms with E-state index in [1.165, 1.54) is 29.5 Å². The van der Waals surface area contributed by atoms with Crippen LogP contribution < -0.4 is 0 Å². The van der Waals surface area contributed by atoms with Crippen LogP contribution in [-0.2, 0) is 10.5 Å². The van der Waals surface area contributed by atoms with Crippen molar-refractivity contribution in [2.75, 3.05) is 12.4 Å². The van der Waals surface area contributed by atoms with Gasteiger partial charge in [0, 0.05) is 18.1 Å². The molecule has 0 N–H and O–H groups in total. The summed E-state index contributed by atoms with van der Waals surface area (Å²) in [7, 11) is 0. The monoisotopic (exact) mass is 236 g/mol. The van der Waals surface area contributed by atoms with Crippen molar-refractivity contribution in [3.63, 3.8) is 0 Å². The minimum Gasteiger partial charge on any atom is -0.377 e. The quantitative estimate of drug-likeness (QED) is 0.788. The van der Waals surface area contributed by atoms with E-state index in [-0.39, 0.29) is 0 Å². The number of hydrogen-bond acceptors (Lipinski definition) is 2. The highest BCUT2D eigenvalue weighted by molar-refractivity contribution is 7.98. The molecule has 1 aliphatic heterocycles. The molecule has 0 aromatic heterocycles. The topological polar surface area (TPSA) is 9.23 Å². The third-order valence-corrected chi connectivity index (χ3v) is 4.02. The molecule has 0 spiro atoms. The van der Waals surface area contributed by atoms with Gasteiger partial charge in [-0.15, -0.1) is 0 Å². The molecule has 0 radical (unpaired) electrons. The van der Waals surface area contributed by atoms with Crippen LogP contribution >= 0.6 is 11.8 Å². The number of rotatable bonds is 4. The largest absolute Gasteiger partial charge is 0.377 e. The van der Waals surface area contributed by atoms with E-state index in [4.69, 9.17) is 4.74 Å². The molecule has 0 bridgehead atoms. The fourth-order valence-corrected chi connectivity index (χ4v) is 3.28. The van der Waals surface area contributed by atoms with E-state index < -0.39 is 0 Å². The number of aryl methyl sites for hydroxylation is 2. The van der Waals surface area contributed by atoms with Crippen LogP contribution in [0.4, 0.5) is 0 Å². The molecule has 16 heavy (non-hydrogen) atoms. The minimum atomic E-state index is 0.510. The van der Waals surface area contributed by atoms with Crippen molar-refractivity contribution in [2.45, 2.75) is 38.5 Å². The minimum absolute atomic E-state index is 0.510. The summed E-state index contributed by atoms with van der Waals surface area (Å²) in [4.78, 5) is 0. The highest BCUT2D eigenvalue weighted by Crippen LogP contribution is 2.21. The molecule has 1 nitrogen and oxygen atoms in total. The molecule has 1 aromatic rings. The van der Waals surface area contributed by atoms with Crippen LogP contribution in [0.15, 0.2) is 18.2 Å². The first-order chi connectivity index (χ1) is 7.74. The van der Waals surface area contributed by atoms with Crippen LogP contribution in [-0.4, -0.2) is 18.5 Å². The summed E-state index contributed by atoms with van der Waals surface area (Å²) in [5, 5.41) is 0. The summed E-state index contributed by atoms with van der Waals surface area (Å²) in [5.74, 6) is 2.26. The average Bonchev–Trinajstić information content (AvgIpc) is 2.69. The summed E-state index contributed by atoms with van der Waals surface area (Å²) in [6, 6.07) is 6.80. The van der Waals surface area contributed by atoms with Crippen LogP contribution in [0.3, 0.4) is 0 Å². The van der Waals surface area contributed by atoms with Gasteiger partial charge in [-0.3, -0.25) is 0 Å². The zero-order valence-corrected chi connectivity index (χ0v) is 11.0. The smallest absolute Gasteiger partial charge is 0.0666 e. The predicted octanol–water partition coefficient (Wildman–Crippen LogP) is 3.72. The SMILES string of the molecule is Cc1cc(C)cc(CSCC2CCCO2)c1. The van der Waals surface area contributed by atoms with Gasteiger partial charge in [-0.1, -0.05) is 29.3 Å². The molecule has 1 heterocycles. The molecular weight excluding hydrogens is 216 g/mol. The molecule has 2 rings (SSSR count). The summed E-state index contributed by atoms with van der Waals surface area (Å²) >= 11 is 2.00. The Labute approximate surface area is 103 Å². The molecule has 1 saturated heterocycles. The van der Waals surface area contributed by atoms with E-state index in [1.807, 2.05) is 11.8 Å². The molecule has 1 aliphatic rings. The lowest BCUT2D eigenvalue weighted by Crippen LogP contribution is -2.07. The average molecular weight is 236 g/mol. The highest BCUT2D eigenvalue weighted by atomic mass is 32.2. The van der Waals surface area contributed by atoms with Gasteiger partial charge in [0.05, 0.1) is 6.10 Å². The first-order valence-electron chi connectivity index (χ1n) is 6.00. The van der Waals surface area contributed by atoms with Crippen molar-refractivity contribution in [3.05, 3.63) is 34.9 Å². The van der Waals surface area contributed by atoms with Crippen molar-refractivity contribution in [1.29, 1.82) is 0 Å². The van der Waals surface area contributed by atoms with Gasteiger partial charge in [0.2, 0.25) is 0 Å². The zero-order valence-electron chi connectivity index (χ0n) is 10.2. The predicted molar refractivity (Wildman–Crippen MR) is 71.1 cm³/mol. The van der Waals surface area contributed by atoms with Crippen molar-refractivity contribution in [3.8, 4) is 0 Å². The molecule has 88 valence electrons. The maximum Gasteiger partial charge on any atom is 0.0666 e. The second-order valence-electron chi connectivity index (χ2n) is 4.65. The van der Waals surface area contributed by atoms with E-state index in [9.17, 15) is 0 Å². The molecule has 1 atom stereocenters. The van der Waals surface area contributed by atoms with Gasteiger partial charge in [0.25, 0.3) is 0 Å². The lowest BCUT2D eigenvalue weighted by Gasteiger charge is -2.09. The molecule has 1 aromatic carbocycles. The lowest BCUT2D eigenvalue weighted by molar-refractivity contribution is 0.129. The van der Waals surface area contributed by atoms with Crippen LogP contribution in [0.5, 0.6) is 0 Å². The zero-order chi connectivity index (χ0) is 11.4. The van der Waals surface area contributed by atoms with Crippen molar-refractivity contribution < 1.29 is 4.74 Å². The molecule has 2 heteroatoms. The molecule has 0 aliphatic carbocycles. The lowest BCUT2D eigenvalue weighted by atomic mass is 10.1. The van der Waals surface area contributed by atoms with Crippen LogP contribution in [0.2, 0.25) is 0 Å². The molecular formula is C14H20OS. The Kier molecular flexibility index (Phi) is 4.30. The molecule has 1 unspecified atom stereocenters. The van der Waals surface area contributed by atoms with Gasteiger partial charge in [-0.05, 0) is 32.3 Å². The number of thioether (sulfide) groups is 1. The van der Waals surface area contributed by atoms with Crippen molar-refractivity contribution in [1.82, 2.24) is 0 Å². The van der Waals surface area contributed by atoms with E-state index >= 15 is 0 Å². The van der Waals surface area contributed by atoms with E-state index in [2.05, 4.69) is 32.0 Å². The Bertz CT molecular complexity index is 322. The van der Waals surface area contributed by atoms with E-state index in [1.54, 1.807) is 0 Å². The van der Waals surface area contributed by atoms with Gasteiger partial charge < -0.3 is 4.74 Å². The first-order valence-corrected chi connectivity index (χ1v) is 7.16. The second-order valence-corrected chi connectivity index (χ2v) is 5.68. The normalized spacial score (nSPS) is 20.2. The first kappa shape index (κ1) is 12.0. The molecule has 0 amide bonds. The Morgan fingerprint density at radius 2 is 2.00 bits per heavy atom. The maximum absolute atomic E-state index is 5.62.